The number of carbonyl (C=O) groups excluding carboxylic acids is 2. The third-order valence-corrected chi connectivity index (χ3v) is 3.98. The molecule has 5 heteroatoms. The van der Waals surface area contributed by atoms with E-state index in [2.05, 4.69) is 5.32 Å². The summed E-state index contributed by atoms with van der Waals surface area (Å²) in [6.45, 7) is 2.11. The van der Waals surface area contributed by atoms with Gasteiger partial charge in [0.25, 0.3) is 5.91 Å². The molecule has 1 N–H and O–H groups in total. The molecule has 1 atom stereocenters. The highest BCUT2D eigenvalue weighted by molar-refractivity contribution is 6.00. The number of rotatable bonds is 4. The van der Waals surface area contributed by atoms with Gasteiger partial charge in [-0.2, -0.15) is 0 Å². The maximum atomic E-state index is 13.7. The number of nitrogens with one attached hydrogen (secondary N) is 1. The van der Waals surface area contributed by atoms with Gasteiger partial charge in [0.05, 0.1) is 6.04 Å². The highest BCUT2D eigenvalue weighted by atomic mass is 19.1. The number of benzene rings is 2. The largest absolute Gasteiger partial charge is 0.348 e. The van der Waals surface area contributed by atoms with Crippen LogP contribution in [0.3, 0.4) is 0 Å². The van der Waals surface area contributed by atoms with Crippen LogP contribution in [0.4, 0.5) is 4.39 Å². The Kier molecular flexibility index (Phi) is 4.10. The minimum Gasteiger partial charge on any atom is -0.348 e. The van der Waals surface area contributed by atoms with Crippen LogP contribution in [0, 0.1) is 5.82 Å². The molecule has 2 aromatic rings. The average molecular weight is 312 g/mol. The summed E-state index contributed by atoms with van der Waals surface area (Å²) < 4.78 is 13.7. The summed E-state index contributed by atoms with van der Waals surface area (Å²) in [5.74, 6) is -0.804. The van der Waals surface area contributed by atoms with Crippen LogP contribution in [0.25, 0.3) is 0 Å². The smallest absolute Gasteiger partial charge is 0.254 e. The highest BCUT2D eigenvalue weighted by Gasteiger charge is 2.28. The molecule has 1 aliphatic heterocycles. The molecule has 0 radical (unpaired) electrons. The second-order valence-electron chi connectivity index (χ2n) is 5.63. The molecule has 4 nitrogen and oxygen atoms in total. The first-order valence-electron chi connectivity index (χ1n) is 7.47. The summed E-state index contributed by atoms with van der Waals surface area (Å²) in [6.07, 6.45) is 0. The van der Waals surface area contributed by atoms with E-state index >= 15 is 0 Å². The molecule has 2 aromatic carbocycles. The van der Waals surface area contributed by atoms with Crippen LogP contribution in [0.15, 0.2) is 48.5 Å². The Morgan fingerprint density at radius 2 is 1.91 bits per heavy atom. The monoisotopic (exact) mass is 312 g/mol. The molecule has 0 aromatic heterocycles. The maximum Gasteiger partial charge on any atom is 0.254 e. The quantitative estimate of drug-likeness (QED) is 0.943. The van der Waals surface area contributed by atoms with Crippen molar-refractivity contribution in [1.29, 1.82) is 0 Å². The minimum atomic E-state index is -0.455. The first-order chi connectivity index (χ1) is 11.1. The summed E-state index contributed by atoms with van der Waals surface area (Å²) >= 11 is 0. The summed E-state index contributed by atoms with van der Waals surface area (Å²) in [5, 5.41) is 2.74. The molecule has 0 spiro atoms. The first-order valence-corrected chi connectivity index (χ1v) is 7.47. The number of halogens is 1. The van der Waals surface area contributed by atoms with Gasteiger partial charge in [0, 0.05) is 17.7 Å². The molecule has 0 fully saturated rings. The third-order valence-electron chi connectivity index (χ3n) is 3.98. The van der Waals surface area contributed by atoms with Crippen molar-refractivity contribution in [1.82, 2.24) is 10.2 Å². The third kappa shape index (κ3) is 3.08. The van der Waals surface area contributed by atoms with Crippen LogP contribution in [0.2, 0.25) is 0 Å². The van der Waals surface area contributed by atoms with Crippen LogP contribution in [0.1, 0.15) is 34.5 Å². The van der Waals surface area contributed by atoms with Crippen molar-refractivity contribution in [2.75, 3.05) is 6.54 Å². The van der Waals surface area contributed by atoms with Crippen LogP contribution in [-0.4, -0.2) is 23.3 Å². The van der Waals surface area contributed by atoms with E-state index in [0.717, 1.165) is 5.56 Å². The van der Waals surface area contributed by atoms with E-state index in [1.54, 1.807) is 37.3 Å². The van der Waals surface area contributed by atoms with Crippen LogP contribution in [-0.2, 0) is 11.3 Å². The summed E-state index contributed by atoms with van der Waals surface area (Å²) in [4.78, 5) is 25.9. The Hall–Kier alpha value is -2.69. The van der Waals surface area contributed by atoms with Crippen molar-refractivity contribution >= 4 is 11.8 Å². The van der Waals surface area contributed by atoms with Crippen LogP contribution >= 0.6 is 0 Å². The Morgan fingerprint density at radius 1 is 1.22 bits per heavy atom. The van der Waals surface area contributed by atoms with Crippen LogP contribution < -0.4 is 5.32 Å². The highest BCUT2D eigenvalue weighted by Crippen LogP contribution is 2.22. The average Bonchev–Trinajstić information content (AvgIpc) is 2.84. The van der Waals surface area contributed by atoms with Gasteiger partial charge in [-0.15, -0.1) is 0 Å². The zero-order valence-electron chi connectivity index (χ0n) is 12.8. The number of carbonyl (C=O) groups is 2. The molecule has 2 amide bonds. The van der Waals surface area contributed by atoms with Crippen molar-refractivity contribution in [3.63, 3.8) is 0 Å². The van der Waals surface area contributed by atoms with Gasteiger partial charge in [-0.25, -0.2) is 4.39 Å². The molecule has 0 aliphatic carbocycles. The maximum absolute atomic E-state index is 13.7. The Bertz CT molecular complexity index is 760. The van der Waals surface area contributed by atoms with Gasteiger partial charge in [-0.3, -0.25) is 9.59 Å². The van der Waals surface area contributed by atoms with E-state index in [1.807, 2.05) is 12.1 Å². The zero-order valence-corrected chi connectivity index (χ0v) is 12.8. The molecular formula is C18H17FN2O2. The predicted octanol–water partition coefficient (Wildman–Crippen LogP) is 2.66. The van der Waals surface area contributed by atoms with Crippen molar-refractivity contribution < 1.29 is 14.0 Å². The van der Waals surface area contributed by atoms with E-state index in [-0.39, 0.29) is 24.2 Å². The van der Waals surface area contributed by atoms with Crippen molar-refractivity contribution in [3.8, 4) is 0 Å². The number of fused-ring (bicyclic) bond motifs is 1. The molecule has 0 saturated heterocycles. The summed E-state index contributed by atoms with van der Waals surface area (Å²) in [7, 11) is 0. The molecule has 1 heterocycles. The van der Waals surface area contributed by atoms with E-state index in [0.29, 0.717) is 17.7 Å². The normalized spacial score (nSPS) is 14.5. The van der Waals surface area contributed by atoms with Crippen molar-refractivity contribution in [3.05, 3.63) is 71.0 Å². The minimum absolute atomic E-state index is 0.0354. The summed E-state index contributed by atoms with van der Waals surface area (Å²) in [5.41, 5.74) is 1.99. The van der Waals surface area contributed by atoms with Gasteiger partial charge in [0.2, 0.25) is 5.91 Å². The molecule has 118 valence electrons. The zero-order chi connectivity index (χ0) is 16.4. The van der Waals surface area contributed by atoms with Gasteiger partial charge in [0.15, 0.2) is 0 Å². The van der Waals surface area contributed by atoms with E-state index in [9.17, 15) is 14.0 Å². The van der Waals surface area contributed by atoms with E-state index in [1.165, 1.54) is 11.0 Å². The van der Waals surface area contributed by atoms with Gasteiger partial charge >= 0.3 is 0 Å². The fraction of sp³-hybridized carbons (Fsp3) is 0.222. The van der Waals surface area contributed by atoms with Crippen molar-refractivity contribution in [2.24, 2.45) is 0 Å². The molecule has 0 saturated carbocycles. The molecule has 0 bridgehead atoms. The molecule has 0 unspecified atom stereocenters. The lowest BCUT2D eigenvalue weighted by Gasteiger charge is -2.19. The van der Waals surface area contributed by atoms with Gasteiger partial charge in [-0.05, 0) is 24.6 Å². The van der Waals surface area contributed by atoms with E-state index < -0.39 is 6.04 Å². The lowest BCUT2D eigenvalue weighted by atomic mass is 10.1. The second kappa shape index (κ2) is 6.20. The van der Waals surface area contributed by atoms with Gasteiger partial charge in [-0.1, -0.05) is 36.4 Å². The Morgan fingerprint density at radius 3 is 2.65 bits per heavy atom. The standard InChI is InChI=1S/C18H17FN2O2/c1-12(14-7-4-5-9-16(14)19)20-17(22)11-21-10-13-6-2-3-8-15(13)18(21)23/h2-9,12H,10-11H2,1H3,(H,20,22)/t12-/m0/s1. The first kappa shape index (κ1) is 15.2. The summed E-state index contributed by atoms with van der Waals surface area (Å²) in [6, 6.07) is 13.2. The lowest BCUT2D eigenvalue weighted by molar-refractivity contribution is -0.122. The molecular weight excluding hydrogens is 295 g/mol. The number of nitrogens with zero attached hydrogens (tertiary/aromatic N) is 1. The van der Waals surface area contributed by atoms with Gasteiger partial charge in [0.1, 0.15) is 12.4 Å². The molecule has 1 aliphatic rings. The number of hydrogen-bond donors (Lipinski definition) is 1. The number of amides is 2. The second-order valence-corrected chi connectivity index (χ2v) is 5.63. The fourth-order valence-corrected chi connectivity index (χ4v) is 2.81. The predicted molar refractivity (Wildman–Crippen MR) is 84.1 cm³/mol. The Balaban J connectivity index is 1.63. The topological polar surface area (TPSA) is 49.4 Å². The SMILES string of the molecule is C[C@H](NC(=O)CN1Cc2ccccc2C1=O)c1ccccc1F. The fourth-order valence-electron chi connectivity index (χ4n) is 2.81. The van der Waals surface area contributed by atoms with E-state index in [4.69, 9.17) is 0 Å². The number of hydrogen-bond acceptors (Lipinski definition) is 2. The van der Waals surface area contributed by atoms with Crippen molar-refractivity contribution in [2.45, 2.75) is 19.5 Å². The van der Waals surface area contributed by atoms with Crippen LogP contribution in [0.5, 0.6) is 0 Å². The Labute approximate surface area is 133 Å². The molecule has 23 heavy (non-hydrogen) atoms. The lowest BCUT2D eigenvalue weighted by Crippen LogP contribution is -2.38. The molecule has 3 rings (SSSR count). The van der Waals surface area contributed by atoms with Gasteiger partial charge < -0.3 is 10.2 Å².